The van der Waals surface area contributed by atoms with E-state index in [4.69, 9.17) is 16.3 Å². The fourth-order valence-electron chi connectivity index (χ4n) is 1.20. The molecule has 1 amide bonds. The van der Waals surface area contributed by atoms with Crippen LogP contribution >= 0.6 is 11.6 Å². The van der Waals surface area contributed by atoms with Gasteiger partial charge in [0.1, 0.15) is 0 Å². The van der Waals surface area contributed by atoms with Crippen molar-refractivity contribution in [1.29, 1.82) is 0 Å². The Morgan fingerprint density at radius 2 is 1.88 bits per heavy atom. The first kappa shape index (κ1) is 16.5. The second kappa shape index (κ2) is 7.07. The predicted octanol–water partition coefficient (Wildman–Crippen LogP) is 2.37. The Bertz CT molecular complexity index is 239. The van der Waals surface area contributed by atoms with Crippen LogP contribution in [-0.2, 0) is 4.74 Å². The molecule has 0 spiro atoms. The minimum absolute atomic E-state index is 0.125. The van der Waals surface area contributed by atoms with Gasteiger partial charge in [0, 0.05) is 25.9 Å². The molecule has 0 radical (unpaired) electrons. The molecule has 0 rings (SSSR count). The number of alkyl halides is 1. The minimum atomic E-state index is -0.552. The SMILES string of the molecule is CC(C)C(Cl)OC(=O)N(C)CCC[N+](C)(C)C. The summed E-state index contributed by atoms with van der Waals surface area (Å²) in [5, 5.41) is 0. The van der Waals surface area contributed by atoms with Crippen molar-refractivity contribution in [1.82, 2.24) is 4.90 Å². The Morgan fingerprint density at radius 1 is 1.35 bits per heavy atom. The maximum absolute atomic E-state index is 11.6. The maximum atomic E-state index is 11.6. The molecule has 0 aliphatic carbocycles. The van der Waals surface area contributed by atoms with Crippen LogP contribution < -0.4 is 0 Å². The molecule has 0 aromatic rings. The smallest absolute Gasteiger partial charge is 0.411 e. The summed E-state index contributed by atoms with van der Waals surface area (Å²) in [7, 11) is 8.13. The quantitative estimate of drug-likeness (QED) is 0.545. The molecule has 0 bridgehead atoms. The van der Waals surface area contributed by atoms with E-state index in [2.05, 4.69) is 21.1 Å². The standard InChI is InChI=1S/C12H26ClN2O2/c1-10(2)11(13)17-12(16)14(3)8-7-9-15(4,5)6/h10-11H,7-9H2,1-6H3/q+1. The van der Waals surface area contributed by atoms with E-state index in [9.17, 15) is 4.79 Å². The lowest BCUT2D eigenvalue weighted by atomic mass is 10.2. The summed E-state index contributed by atoms with van der Waals surface area (Å²) in [5.74, 6) is 0.125. The Labute approximate surface area is 110 Å². The molecule has 0 aromatic carbocycles. The normalized spacial score (nSPS) is 13.6. The summed E-state index contributed by atoms with van der Waals surface area (Å²) in [5.41, 5.74) is -0.552. The van der Waals surface area contributed by atoms with Crippen molar-refractivity contribution in [3.05, 3.63) is 0 Å². The Balaban J connectivity index is 3.90. The number of hydrogen-bond donors (Lipinski definition) is 0. The lowest BCUT2D eigenvalue weighted by molar-refractivity contribution is -0.870. The number of carbonyl (C=O) groups is 1. The Morgan fingerprint density at radius 3 is 2.29 bits per heavy atom. The van der Waals surface area contributed by atoms with Crippen molar-refractivity contribution in [2.24, 2.45) is 5.92 Å². The van der Waals surface area contributed by atoms with Gasteiger partial charge in [-0.25, -0.2) is 4.79 Å². The second-order valence-electron chi connectivity index (χ2n) is 5.77. The van der Waals surface area contributed by atoms with Crippen LogP contribution in [0.5, 0.6) is 0 Å². The summed E-state index contributed by atoms with van der Waals surface area (Å²) < 4.78 is 6.00. The number of halogens is 1. The molecule has 0 fully saturated rings. The summed E-state index contributed by atoms with van der Waals surface area (Å²) in [6.45, 7) is 5.55. The van der Waals surface area contributed by atoms with Crippen LogP contribution in [0.4, 0.5) is 4.79 Å². The van der Waals surface area contributed by atoms with Crippen molar-refractivity contribution < 1.29 is 14.0 Å². The number of hydrogen-bond acceptors (Lipinski definition) is 2. The number of carbonyl (C=O) groups excluding carboxylic acids is 1. The minimum Gasteiger partial charge on any atom is -0.429 e. The molecule has 0 saturated carbocycles. The van der Waals surface area contributed by atoms with Gasteiger partial charge >= 0.3 is 6.09 Å². The van der Waals surface area contributed by atoms with E-state index in [1.807, 2.05) is 13.8 Å². The van der Waals surface area contributed by atoms with E-state index >= 15 is 0 Å². The summed E-state index contributed by atoms with van der Waals surface area (Å²) in [6.07, 6.45) is 0.601. The summed E-state index contributed by atoms with van der Waals surface area (Å²) in [6, 6.07) is 0. The van der Waals surface area contributed by atoms with E-state index in [0.29, 0.717) is 6.54 Å². The van der Waals surface area contributed by atoms with E-state index in [1.54, 1.807) is 11.9 Å². The molecular weight excluding hydrogens is 240 g/mol. The van der Waals surface area contributed by atoms with Crippen LogP contribution in [0.25, 0.3) is 0 Å². The third-order valence-corrected chi connectivity index (χ3v) is 2.96. The largest absolute Gasteiger partial charge is 0.429 e. The molecular formula is C12H26ClN2O2+. The zero-order chi connectivity index (χ0) is 13.6. The average Bonchev–Trinajstić information content (AvgIpc) is 2.15. The van der Waals surface area contributed by atoms with Crippen molar-refractivity contribution in [3.63, 3.8) is 0 Å². The number of amides is 1. The third kappa shape index (κ3) is 8.27. The Hall–Kier alpha value is -0.480. The van der Waals surface area contributed by atoms with Gasteiger partial charge in [0.2, 0.25) is 0 Å². The third-order valence-electron chi connectivity index (χ3n) is 2.37. The molecule has 0 aromatic heterocycles. The van der Waals surface area contributed by atoms with Crippen molar-refractivity contribution in [3.8, 4) is 0 Å². The fourth-order valence-corrected chi connectivity index (χ4v) is 1.27. The van der Waals surface area contributed by atoms with Gasteiger partial charge in [0.05, 0.1) is 27.7 Å². The molecule has 102 valence electrons. The van der Waals surface area contributed by atoms with Gasteiger partial charge < -0.3 is 14.1 Å². The first-order valence-corrected chi connectivity index (χ1v) is 6.43. The molecule has 0 N–H and O–H groups in total. The number of nitrogens with zero attached hydrogens (tertiary/aromatic N) is 2. The number of ether oxygens (including phenoxy) is 1. The molecule has 5 heteroatoms. The fraction of sp³-hybridized carbons (Fsp3) is 0.917. The van der Waals surface area contributed by atoms with Crippen molar-refractivity contribution >= 4 is 17.7 Å². The zero-order valence-electron chi connectivity index (χ0n) is 11.9. The van der Waals surface area contributed by atoms with Gasteiger partial charge in [0.15, 0.2) is 5.56 Å². The second-order valence-corrected chi connectivity index (χ2v) is 6.20. The molecule has 1 atom stereocenters. The first-order chi connectivity index (χ1) is 7.63. The lowest BCUT2D eigenvalue weighted by Crippen LogP contribution is -2.38. The number of rotatable bonds is 6. The molecule has 0 saturated heterocycles. The molecule has 4 nitrogen and oxygen atoms in total. The summed E-state index contributed by atoms with van der Waals surface area (Å²) >= 11 is 5.89. The number of quaternary nitrogens is 1. The van der Waals surface area contributed by atoms with Crippen LogP contribution in [0.3, 0.4) is 0 Å². The topological polar surface area (TPSA) is 29.5 Å². The van der Waals surface area contributed by atoms with Gasteiger partial charge in [-0.3, -0.25) is 0 Å². The lowest BCUT2D eigenvalue weighted by Gasteiger charge is -2.25. The van der Waals surface area contributed by atoms with Crippen LogP contribution in [0.15, 0.2) is 0 Å². The highest BCUT2D eigenvalue weighted by Crippen LogP contribution is 2.12. The predicted molar refractivity (Wildman–Crippen MR) is 71.1 cm³/mol. The van der Waals surface area contributed by atoms with Gasteiger partial charge in [-0.1, -0.05) is 25.4 Å². The van der Waals surface area contributed by atoms with Gasteiger partial charge in [-0.05, 0) is 0 Å². The highest BCUT2D eigenvalue weighted by atomic mass is 35.5. The van der Waals surface area contributed by atoms with E-state index < -0.39 is 5.56 Å². The van der Waals surface area contributed by atoms with Crippen LogP contribution in [0.2, 0.25) is 0 Å². The molecule has 17 heavy (non-hydrogen) atoms. The van der Waals surface area contributed by atoms with Gasteiger partial charge in [-0.2, -0.15) is 0 Å². The molecule has 1 unspecified atom stereocenters. The summed E-state index contributed by atoms with van der Waals surface area (Å²) in [4.78, 5) is 13.2. The molecule has 0 aliphatic rings. The van der Waals surface area contributed by atoms with Gasteiger partial charge in [0.25, 0.3) is 0 Å². The van der Waals surface area contributed by atoms with E-state index in [0.717, 1.165) is 17.4 Å². The molecule has 0 aliphatic heterocycles. The van der Waals surface area contributed by atoms with Crippen LogP contribution in [-0.4, -0.2) is 62.3 Å². The molecule has 0 heterocycles. The average molecular weight is 266 g/mol. The monoisotopic (exact) mass is 265 g/mol. The van der Waals surface area contributed by atoms with Crippen LogP contribution in [0.1, 0.15) is 20.3 Å². The van der Waals surface area contributed by atoms with Crippen LogP contribution in [0, 0.1) is 5.92 Å². The van der Waals surface area contributed by atoms with E-state index in [-0.39, 0.29) is 12.0 Å². The maximum Gasteiger partial charge on any atom is 0.411 e. The van der Waals surface area contributed by atoms with Crippen molar-refractivity contribution in [2.45, 2.75) is 25.8 Å². The highest BCUT2D eigenvalue weighted by Gasteiger charge is 2.18. The zero-order valence-corrected chi connectivity index (χ0v) is 12.6. The van der Waals surface area contributed by atoms with Crippen molar-refractivity contribution in [2.75, 3.05) is 41.3 Å². The highest BCUT2D eigenvalue weighted by molar-refractivity contribution is 6.20. The Kier molecular flexibility index (Phi) is 6.87. The van der Waals surface area contributed by atoms with E-state index in [1.165, 1.54) is 0 Å². The van der Waals surface area contributed by atoms with Gasteiger partial charge in [-0.15, -0.1) is 0 Å². The first-order valence-electron chi connectivity index (χ1n) is 6.00.